The van der Waals surface area contributed by atoms with Crippen LogP contribution in [0.15, 0.2) is 109 Å². The number of aliphatic hydroxyl groups is 2. The van der Waals surface area contributed by atoms with Crippen molar-refractivity contribution in [1.82, 2.24) is 14.9 Å². The Bertz CT molecular complexity index is 1780. The van der Waals surface area contributed by atoms with Gasteiger partial charge in [-0.2, -0.15) is 0 Å². The van der Waals surface area contributed by atoms with E-state index in [2.05, 4.69) is 27.1 Å². The molecule has 0 radical (unpaired) electrons. The van der Waals surface area contributed by atoms with Crippen LogP contribution in [0, 0.1) is 5.92 Å². The van der Waals surface area contributed by atoms with Crippen molar-refractivity contribution >= 4 is 22.6 Å². The first-order valence-corrected chi connectivity index (χ1v) is 15.9. The Labute approximate surface area is 274 Å². The number of benzene rings is 4. The highest BCUT2D eigenvalue weighted by molar-refractivity contribution is 6.03. The topological polar surface area (TPSA) is 117 Å². The number of hydrogen-bond donors (Lipinski definition) is 3. The van der Waals surface area contributed by atoms with Gasteiger partial charge in [0.2, 0.25) is 0 Å². The van der Waals surface area contributed by atoms with Gasteiger partial charge < -0.3 is 25.0 Å². The van der Waals surface area contributed by atoms with Crippen molar-refractivity contribution in [2.75, 3.05) is 18.9 Å². The number of carbonyl (C=O) groups excluding carboxylic acids is 1. The van der Waals surface area contributed by atoms with E-state index in [1.54, 1.807) is 0 Å². The summed E-state index contributed by atoms with van der Waals surface area (Å²) < 4.78 is 13.2. The van der Waals surface area contributed by atoms with Crippen LogP contribution in [0.1, 0.15) is 65.1 Å². The maximum atomic E-state index is 13.0. The van der Waals surface area contributed by atoms with Gasteiger partial charge in [0.05, 0.1) is 42.1 Å². The van der Waals surface area contributed by atoms with Gasteiger partial charge in [0.1, 0.15) is 5.69 Å². The number of aliphatic hydroxyl groups excluding tert-OH is 2. The molecule has 2 heterocycles. The minimum absolute atomic E-state index is 0.0173. The summed E-state index contributed by atoms with van der Waals surface area (Å²) >= 11 is 0. The summed E-state index contributed by atoms with van der Waals surface area (Å²) in [6.45, 7) is 4.67. The predicted octanol–water partition coefficient (Wildman–Crippen LogP) is 6.22. The van der Waals surface area contributed by atoms with Crippen molar-refractivity contribution in [3.63, 3.8) is 0 Å². The van der Waals surface area contributed by atoms with Crippen molar-refractivity contribution in [2.45, 2.75) is 51.1 Å². The number of anilines is 1. The molecule has 1 fully saturated rings. The first-order valence-electron chi connectivity index (χ1n) is 15.9. The Morgan fingerprint density at radius 3 is 2.26 bits per heavy atom. The largest absolute Gasteiger partial charge is 0.392 e. The van der Waals surface area contributed by atoms with Gasteiger partial charge in [-0.15, -0.1) is 0 Å². The van der Waals surface area contributed by atoms with Gasteiger partial charge in [-0.3, -0.25) is 14.7 Å². The van der Waals surface area contributed by atoms with Gasteiger partial charge in [0.25, 0.3) is 5.91 Å². The van der Waals surface area contributed by atoms with E-state index in [9.17, 15) is 15.0 Å². The molecule has 1 amide bonds. The molecule has 1 aliphatic heterocycles. The van der Waals surface area contributed by atoms with E-state index >= 15 is 0 Å². The molecule has 0 aliphatic carbocycles. The van der Waals surface area contributed by atoms with E-state index in [-0.39, 0.29) is 42.4 Å². The Morgan fingerprint density at radius 1 is 0.894 bits per heavy atom. The summed E-state index contributed by atoms with van der Waals surface area (Å²) in [4.78, 5) is 23.9. The van der Waals surface area contributed by atoms with Crippen LogP contribution in [0.4, 0.5) is 5.69 Å². The Balaban J connectivity index is 1.20. The molecule has 47 heavy (non-hydrogen) atoms. The Morgan fingerprint density at radius 2 is 1.55 bits per heavy atom. The zero-order valence-electron chi connectivity index (χ0n) is 26.7. The van der Waals surface area contributed by atoms with Crippen LogP contribution in [0.25, 0.3) is 11.0 Å². The number of rotatable bonds is 10. The summed E-state index contributed by atoms with van der Waals surface area (Å²) in [5.74, 6) is -0.368. The van der Waals surface area contributed by atoms with Crippen LogP contribution in [0.2, 0.25) is 0 Å². The second-order valence-corrected chi connectivity index (χ2v) is 12.2. The van der Waals surface area contributed by atoms with Crippen molar-refractivity contribution < 1.29 is 24.5 Å². The highest BCUT2D eigenvalue weighted by Crippen LogP contribution is 2.42. The number of hydrogen-bond acceptors (Lipinski definition) is 8. The van der Waals surface area contributed by atoms with Gasteiger partial charge in [-0.25, -0.2) is 4.98 Å². The molecule has 6 rings (SSSR count). The molecule has 1 aromatic heterocycles. The van der Waals surface area contributed by atoms with Crippen LogP contribution >= 0.6 is 0 Å². The monoisotopic (exact) mass is 632 g/mol. The van der Waals surface area contributed by atoms with Crippen LogP contribution in [-0.2, 0) is 16.1 Å². The summed E-state index contributed by atoms with van der Waals surface area (Å²) in [5.41, 5.74) is 5.72. The van der Waals surface area contributed by atoms with E-state index in [0.29, 0.717) is 17.7 Å². The molecule has 1 saturated heterocycles. The molecule has 0 bridgehead atoms. The van der Waals surface area contributed by atoms with E-state index in [1.807, 2.05) is 117 Å². The molecule has 9 heteroatoms. The second kappa shape index (κ2) is 14.5. The molecule has 5 aromatic rings. The lowest BCUT2D eigenvalue weighted by Crippen LogP contribution is -2.46. The number of ether oxygens (including phenoxy) is 2. The van der Waals surface area contributed by atoms with Crippen molar-refractivity contribution in [3.05, 3.63) is 137 Å². The van der Waals surface area contributed by atoms with Gasteiger partial charge in [-0.05, 0) is 54.9 Å². The molecule has 9 nitrogen and oxygen atoms in total. The lowest BCUT2D eigenvalue weighted by molar-refractivity contribution is -0.276. The molecule has 4 aromatic carbocycles. The number of aromatic nitrogens is 2. The third-order valence-corrected chi connectivity index (χ3v) is 9.01. The van der Waals surface area contributed by atoms with Crippen molar-refractivity contribution in [2.24, 2.45) is 5.92 Å². The molecule has 242 valence electrons. The van der Waals surface area contributed by atoms with Crippen LogP contribution in [0.5, 0.6) is 0 Å². The average Bonchev–Trinajstić information content (AvgIpc) is 3.12. The maximum absolute atomic E-state index is 13.0. The standard InChI is InChI=1S/C38H40N4O5/c1-24-34(22-42(3)25(2)35(44)27-9-5-4-6-10-27)46-38(47-36(24)28-15-13-26(23-43)14-16-28)29-17-19-30(20-18-29)40-37(45)33-21-39-31-11-7-8-12-32(31)41-33/h4-21,24-25,34-36,38,43-44H,22-23H2,1-3H3,(H,40,45)/t24-,25+,34+,35+,36+,38+/m1/s1. The number of likely N-dealkylation sites (N-methyl/N-ethyl adjacent to an activating group) is 1. The number of nitrogens with one attached hydrogen (secondary N) is 1. The van der Waals surface area contributed by atoms with Crippen molar-refractivity contribution in [1.29, 1.82) is 0 Å². The summed E-state index contributed by atoms with van der Waals surface area (Å²) in [7, 11) is 2.00. The zero-order valence-corrected chi connectivity index (χ0v) is 26.7. The molecule has 1 aliphatic rings. The molecule has 0 saturated carbocycles. The molecular formula is C38H40N4O5. The van der Waals surface area contributed by atoms with Crippen LogP contribution < -0.4 is 5.32 Å². The third-order valence-electron chi connectivity index (χ3n) is 9.01. The lowest BCUT2D eigenvalue weighted by atomic mass is 9.89. The van der Waals surface area contributed by atoms with Crippen LogP contribution in [-0.4, -0.2) is 56.7 Å². The SMILES string of the molecule is C[C@@H]1[C@H](CN(C)[C@@H](C)[C@H](O)c2ccccc2)O[C@H](c2ccc(NC(=O)c3cnc4ccccc4n3)cc2)O[C@@H]1c1ccc(CO)cc1. The fourth-order valence-electron chi connectivity index (χ4n) is 5.93. The highest BCUT2D eigenvalue weighted by atomic mass is 16.7. The Kier molecular flexibility index (Phi) is 10.0. The van der Waals surface area contributed by atoms with Crippen molar-refractivity contribution in [3.8, 4) is 0 Å². The van der Waals surface area contributed by atoms with Crippen LogP contribution in [0.3, 0.4) is 0 Å². The Hall–Kier alpha value is -4.51. The number of carbonyl (C=O) groups is 1. The summed E-state index contributed by atoms with van der Waals surface area (Å²) in [6, 6.07) is 32.1. The number of nitrogens with zero attached hydrogens (tertiary/aromatic N) is 3. The van der Waals surface area contributed by atoms with E-state index in [4.69, 9.17) is 9.47 Å². The quantitative estimate of drug-likeness (QED) is 0.166. The molecule has 3 N–H and O–H groups in total. The third kappa shape index (κ3) is 7.40. The minimum atomic E-state index is -0.669. The molecule has 0 spiro atoms. The average molecular weight is 633 g/mol. The van der Waals surface area contributed by atoms with E-state index in [1.165, 1.54) is 6.20 Å². The first kappa shape index (κ1) is 32.4. The number of para-hydroxylation sites is 2. The van der Waals surface area contributed by atoms with E-state index < -0.39 is 12.4 Å². The highest BCUT2D eigenvalue weighted by Gasteiger charge is 2.39. The summed E-state index contributed by atoms with van der Waals surface area (Å²) in [5, 5.41) is 23.6. The number of fused-ring (bicyclic) bond motifs is 1. The van der Waals surface area contributed by atoms with E-state index in [0.717, 1.165) is 27.8 Å². The molecule has 6 atom stereocenters. The summed E-state index contributed by atoms with van der Waals surface area (Å²) in [6.07, 6.45) is -0.353. The van der Waals surface area contributed by atoms with Gasteiger partial charge in [0.15, 0.2) is 6.29 Å². The minimum Gasteiger partial charge on any atom is -0.392 e. The van der Waals surface area contributed by atoms with Gasteiger partial charge in [0, 0.05) is 29.8 Å². The maximum Gasteiger partial charge on any atom is 0.275 e. The molecular weight excluding hydrogens is 592 g/mol. The smallest absolute Gasteiger partial charge is 0.275 e. The predicted molar refractivity (Wildman–Crippen MR) is 180 cm³/mol. The second-order valence-electron chi connectivity index (χ2n) is 12.2. The molecule has 0 unspecified atom stereocenters. The first-order chi connectivity index (χ1) is 22.8. The zero-order chi connectivity index (χ0) is 32.9. The fourth-order valence-corrected chi connectivity index (χ4v) is 5.93. The fraction of sp³-hybridized carbons (Fsp3) is 0.289. The normalized spacial score (nSPS) is 21.0. The van der Waals surface area contributed by atoms with Gasteiger partial charge >= 0.3 is 0 Å². The lowest BCUT2D eigenvalue weighted by Gasteiger charge is -2.43. The number of amides is 1. The van der Waals surface area contributed by atoms with Gasteiger partial charge in [-0.1, -0.05) is 85.8 Å².